The maximum absolute atomic E-state index is 13.4. The number of hydrogen-bond acceptors (Lipinski definition) is 2. The molecule has 0 saturated carbocycles. The number of nitrogen functional groups attached to an aromatic ring is 1. The zero-order valence-corrected chi connectivity index (χ0v) is 10.4. The number of benzene rings is 2. The standard InChI is InChI=1S/C15H17FN2/c1-11-8-13(17)10-14(9-11)18-7-6-12-4-2-3-5-15(12)16/h2-5,8-10,18H,6-7,17H2,1H3. The molecule has 0 aliphatic rings. The molecule has 0 spiro atoms. The number of halogens is 1. The Morgan fingerprint density at radius 3 is 2.67 bits per heavy atom. The molecule has 0 aliphatic heterocycles. The molecule has 2 aromatic rings. The molecule has 2 aromatic carbocycles. The van der Waals surface area contributed by atoms with Crippen molar-refractivity contribution in [2.45, 2.75) is 13.3 Å². The first-order chi connectivity index (χ1) is 8.65. The highest BCUT2D eigenvalue weighted by Gasteiger charge is 2.00. The maximum atomic E-state index is 13.4. The minimum atomic E-state index is -0.150. The van der Waals surface area contributed by atoms with Crippen molar-refractivity contribution in [2.24, 2.45) is 0 Å². The van der Waals surface area contributed by atoms with Gasteiger partial charge in [-0.25, -0.2) is 4.39 Å². The van der Waals surface area contributed by atoms with Crippen molar-refractivity contribution in [3.8, 4) is 0 Å². The fraction of sp³-hybridized carbons (Fsp3) is 0.200. The Labute approximate surface area is 107 Å². The van der Waals surface area contributed by atoms with Crippen LogP contribution in [0.4, 0.5) is 15.8 Å². The predicted molar refractivity (Wildman–Crippen MR) is 74.2 cm³/mol. The van der Waals surface area contributed by atoms with Crippen LogP contribution in [0.3, 0.4) is 0 Å². The molecule has 0 atom stereocenters. The molecule has 0 saturated heterocycles. The zero-order chi connectivity index (χ0) is 13.0. The van der Waals surface area contributed by atoms with E-state index >= 15 is 0 Å². The van der Waals surface area contributed by atoms with E-state index < -0.39 is 0 Å². The summed E-state index contributed by atoms with van der Waals surface area (Å²) < 4.78 is 13.4. The van der Waals surface area contributed by atoms with Gasteiger partial charge in [0.25, 0.3) is 0 Å². The number of hydrogen-bond donors (Lipinski definition) is 2. The highest BCUT2D eigenvalue weighted by molar-refractivity contribution is 5.56. The molecule has 0 fully saturated rings. The molecule has 18 heavy (non-hydrogen) atoms. The molecule has 3 heteroatoms. The third-order valence-electron chi connectivity index (χ3n) is 2.78. The number of nitrogens with two attached hydrogens (primary N) is 1. The Hall–Kier alpha value is -2.03. The van der Waals surface area contributed by atoms with E-state index in [1.807, 2.05) is 37.3 Å². The maximum Gasteiger partial charge on any atom is 0.126 e. The van der Waals surface area contributed by atoms with Crippen LogP contribution in [-0.2, 0) is 6.42 Å². The molecule has 2 nitrogen and oxygen atoms in total. The summed E-state index contributed by atoms with van der Waals surface area (Å²) in [7, 11) is 0. The molecule has 0 unspecified atom stereocenters. The van der Waals surface area contributed by atoms with Crippen LogP contribution in [-0.4, -0.2) is 6.54 Å². The van der Waals surface area contributed by atoms with Crippen molar-refractivity contribution in [1.82, 2.24) is 0 Å². The summed E-state index contributed by atoms with van der Waals surface area (Å²) in [6, 6.07) is 12.7. The van der Waals surface area contributed by atoms with Gasteiger partial charge < -0.3 is 11.1 Å². The Bertz CT molecular complexity index is 518. The lowest BCUT2D eigenvalue weighted by Crippen LogP contribution is -2.06. The minimum Gasteiger partial charge on any atom is -0.399 e. The van der Waals surface area contributed by atoms with Gasteiger partial charge in [-0.05, 0) is 48.7 Å². The van der Waals surface area contributed by atoms with E-state index in [0.29, 0.717) is 13.0 Å². The predicted octanol–water partition coefficient (Wildman–Crippen LogP) is 3.37. The second kappa shape index (κ2) is 5.54. The third kappa shape index (κ3) is 3.23. The quantitative estimate of drug-likeness (QED) is 0.809. The van der Waals surface area contributed by atoms with Gasteiger partial charge in [-0.15, -0.1) is 0 Å². The van der Waals surface area contributed by atoms with E-state index in [0.717, 1.165) is 22.5 Å². The fourth-order valence-corrected chi connectivity index (χ4v) is 1.96. The SMILES string of the molecule is Cc1cc(N)cc(NCCc2ccccc2F)c1. The summed E-state index contributed by atoms with van der Waals surface area (Å²) in [5.41, 5.74) is 9.32. The van der Waals surface area contributed by atoms with E-state index in [-0.39, 0.29) is 5.82 Å². The van der Waals surface area contributed by atoms with Crippen LogP contribution < -0.4 is 11.1 Å². The zero-order valence-electron chi connectivity index (χ0n) is 10.4. The van der Waals surface area contributed by atoms with Gasteiger partial charge in [0.1, 0.15) is 5.82 Å². The molecule has 2 rings (SSSR count). The van der Waals surface area contributed by atoms with Gasteiger partial charge in [-0.3, -0.25) is 0 Å². The van der Waals surface area contributed by atoms with E-state index in [1.165, 1.54) is 6.07 Å². The first-order valence-electron chi connectivity index (χ1n) is 5.99. The lowest BCUT2D eigenvalue weighted by Gasteiger charge is -2.09. The van der Waals surface area contributed by atoms with Crippen LogP contribution in [0.5, 0.6) is 0 Å². The van der Waals surface area contributed by atoms with Crippen molar-refractivity contribution in [1.29, 1.82) is 0 Å². The average molecular weight is 244 g/mol. The largest absolute Gasteiger partial charge is 0.399 e. The third-order valence-corrected chi connectivity index (χ3v) is 2.78. The lowest BCUT2D eigenvalue weighted by molar-refractivity contribution is 0.610. The van der Waals surface area contributed by atoms with E-state index in [9.17, 15) is 4.39 Å². The smallest absolute Gasteiger partial charge is 0.126 e. The Kier molecular flexibility index (Phi) is 3.82. The molecule has 0 radical (unpaired) electrons. The molecule has 0 aromatic heterocycles. The van der Waals surface area contributed by atoms with Crippen molar-refractivity contribution in [3.05, 3.63) is 59.4 Å². The van der Waals surface area contributed by atoms with Crippen molar-refractivity contribution in [3.63, 3.8) is 0 Å². The molecule has 0 aliphatic carbocycles. The summed E-state index contributed by atoms with van der Waals surface area (Å²) in [5, 5.41) is 3.26. The second-order valence-electron chi connectivity index (χ2n) is 4.40. The highest BCUT2D eigenvalue weighted by atomic mass is 19.1. The van der Waals surface area contributed by atoms with E-state index in [2.05, 4.69) is 5.32 Å². The average Bonchev–Trinajstić information content (AvgIpc) is 2.30. The second-order valence-corrected chi connectivity index (χ2v) is 4.40. The minimum absolute atomic E-state index is 0.150. The van der Waals surface area contributed by atoms with Crippen LogP contribution in [0.15, 0.2) is 42.5 Å². The van der Waals surface area contributed by atoms with Gasteiger partial charge in [-0.1, -0.05) is 18.2 Å². The molecular formula is C15H17FN2. The Morgan fingerprint density at radius 2 is 1.94 bits per heavy atom. The summed E-state index contributed by atoms with van der Waals surface area (Å²) in [5.74, 6) is -0.150. The topological polar surface area (TPSA) is 38.0 Å². The lowest BCUT2D eigenvalue weighted by atomic mass is 10.1. The molecular weight excluding hydrogens is 227 g/mol. The number of nitrogens with one attached hydrogen (secondary N) is 1. The Balaban J connectivity index is 1.94. The van der Waals surface area contributed by atoms with Gasteiger partial charge >= 0.3 is 0 Å². The van der Waals surface area contributed by atoms with E-state index in [1.54, 1.807) is 6.07 Å². The van der Waals surface area contributed by atoms with Crippen LogP contribution in [0.25, 0.3) is 0 Å². The van der Waals surface area contributed by atoms with Gasteiger partial charge in [0.05, 0.1) is 0 Å². The van der Waals surface area contributed by atoms with Gasteiger partial charge in [0.15, 0.2) is 0 Å². The summed E-state index contributed by atoms with van der Waals surface area (Å²) in [6.45, 7) is 2.68. The molecule has 94 valence electrons. The molecule has 0 heterocycles. The summed E-state index contributed by atoms with van der Waals surface area (Å²) in [6.07, 6.45) is 0.653. The van der Waals surface area contributed by atoms with Gasteiger partial charge in [-0.2, -0.15) is 0 Å². The van der Waals surface area contributed by atoms with Crippen LogP contribution in [0, 0.1) is 12.7 Å². The monoisotopic (exact) mass is 244 g/mol. The van der Waals surface area contributed by atoms with Crippen molar-refractivity contribution < 1.29 is 4.39 Å². The van der Waals surface area contributed by atoms with Crippen molar-refractivity contribution >= 4 is 11.4 Å². The number of anilines is 2. The highest BCUT2D eigenvalue weighted by Crippen LogP contribution is 2.16. The van der Waals surface area contributed by atoms with Crippen LogP contribution in [0.1, 0.15) is 11.1 Å². The first-order valence-corrected chi connectivity index (χ1v) is 5.99. The normalized spacial score (nSPS) is 10.3. The summed E-state index contributed by atoms with van der Waals surface area (Å²) in [4.78, 5) is 0. The van der Waals surface area contributed by atoms with Crippen LogP contribution in [0.2, 0.25) is 0 Å². The Morgan fingerprint density at radius 1 is 1.17 bits per heavy atom. The van der Waals surface area contributed by atoms with Crippen molar-refractivity contribution in [2.75, 3.05) is 17.6 Å². The van der Waals surface area contributed by atoms with Gasteiger partial charge in [0.2, 0.25) is 0 Å². The number of rotatable bonds is 4. The van der Waals surface area contributed by atoms with Crippen LogP contribution >= 0.6 is 0 Å². The number of aryl methyl sites for hydroxylation is 1. The van der Waals surface area contributed by atoms with E-state index in [4.69, 9.17) is 5.73 Å². The molecule has 0 bridgehead atoms. The molecule has 0 amide bonds. The molecule has 3 N–H and O–H groups in total. The van der Waals surface area contributed by atoms with Gasteiger partial charge in [0, 0.05) is 17.9 Å². The summed E-state index contributed by atoms with van der Waals surface area (Å²) >= 11 is 0. The fourth-order valence-electron chi connectivity index (χ4n) is 1.96. The first kappa shape index (κ1) is 12.4.